The Bertz CT molecular complexity index is 63.3. The summed E-state index contributed by atoms with van der Waals surface area (Å²) in [4.78, 5) is 0. The van der Waals surface area contributed by atoms with E-state index in [1.807, 2.05) is 17.3 Å². The van der Waals surface area contributed by atoms with Gasteiger partial charge in [-0.15, -0.1) is 0 Å². The molecule has 0 rings (SSSR count). The molecule has 0 atom stereocenters. The molecule has 0 aliphatic heterocycles. The van der Waals surface area contributed by atoms with Gasteiger partial charge in [0.2, 0.25) is 0 Å². The summed E-state index contributed by atoms with van der Waals surface area (Å²) in [7, 11) is 4.53. The predicted molar refractivity (Wildman–Crippen MR) is 44.0 cm³/mol. The van der Waals surface area contributed by atoms with Crippen LogP contribution in [0.15, 0.2) is 37.5 Å². The molecule has 0 fully saturated rings. The number of rotatable bonds is 2. The van der Waals surface area contributed by atoms with E-state index in [2.05, 4.69) is 22.8 Å². The van der Waals surface area contributed by atoms with E-state index < -0.39 is 0 Å². The summed E-state index contributed by atoms with van der Waals surface area (Å²) in [5, 5.41) is 0. The van der Waals surface area contributed by atoms with Crippen molar-refractivity contribution in [1.82, 2.24) is 0 Å². The normalized spacial score (nSPS) is 4.60. The van der Waals surface area contributed by atoms with E-state index in [-0.39, 0.29) is 0 Å². The standard InChI is InChI=1S/2C4H5.ClH.Rh/c2*1-3-4-2;;/h2*1,3-4H,2H2;1H;/q2*-1;;+3/p-1. The van der Waals surface area contributed by atoms with E-state index in [0.29, 0.717) is 0 Å². The van der Waals surface area contributed by atoms with Gasteiger partial charge in [-0.1, -0.05) is 0 Å². The van der Waals surface area contributed by atoms with Crippen LogP contribution in [-0.4, -0.2) is 0 Å². The molecule has 0 amide bonds. The molecule has 0 aliphatic carbocycles. The number of allylic oxidation sites excluding steroid dienone is 4. The Morgan fingerprint density at radius 1 is 1.00 bits per heavy atom. The fourth-order valence-electron chi connectivity index (χ4n) is 0. The Hall–Kier alpha value is -0.127. The van der Waals surface area contributed by atoms with Crippen LogP contribution in [0.2, 0.25) is 0 Å². The molecule has 0 saturated carbocycles. The molecule has 0 saturated heterocycles. The summed E-state index contributed by atoms with van der Waals surface area (Å²) in [5.74, 6) is 0. The second-order valence-electron chi connectivity index (χ2n) is 0.856. The number of hydrogen-bond donors (Lipinski definition) is 0. The van der Waals surface area contributed by atoms with Crippen LogP contribution in [0.4, 0.5) is 0 Å². The molecule has 0 aliphatic rings. The summed E-state index contributed by atoms with van der Waals surface area (Å²) in [6.45, 7) is 16.2. The van der Waals surface area contributed by atoms with E-state index in [0.717, 1.165) is 0 Å². The first-order valence-electron chi connectivity index (χ1n) is 2.28. The van der Waals surface area contributed by atoms with Crippen LogP contribution in [0, 0.1) is 13.2 Å². The van der Waals surface area contributed by atoms with Crippen LogP contribution in [0.1, 0.15) is 0 Å². The number of hydrogen-bond acceptors (Lipinski definition) is 0. The summed E-state index contributed by atoms with van der Waals surface area (Å²) in [6, 6.07) is 0. The molecular formula is C8H10ClRh. The Morgan fingerprint density at radius 2 is 1.10 bits per heavy atom. The van der Waals surface area contributed by atoms with Gasteiger partial charge in [-0.05, 0) is 0 Å². The van der Waals surface area contributed by atoms with E-state index in [1.165, 1.54) is 24.3 Å². The van der Waals surface area contributed by atoms with E-state index in [1.54, 1.807) is 0 Å². The van der Waals surface area contributed by atoms with E-state index in [4.69, 9.17) is 13.2 Å². The molecule has 0 heterocycles. The zero-order chi connectivity index (χ0) is 8.83. The molecule has 0 unspecified atom stereocenters. The molecule has 0 spiro atoms. The first-order chi connectivity index (χ1) is 4.83. The van der Waals surface area contributed by atoms with Gasteiger partial charge >= 0.3 is 27.0 Å². The third-order valence-corrected chi connectivity index (χ3v) is 0.272. The second kappa shape index (κ2) is 36.7. The molecule has 0 aromatic heterocycles. The van der Waals surface area contributed by atoms with Crippen LogP contribution in [0.25, 0.3) is 0 Å². The fourth-order valence-corrected chi connectivity index (χ4v) is 0. The van der Waals surface area contributed by atoms with Gasteiger partial charge in [-0.25, -0.2) is 24.3 Å². The van der Waals surface area contributed by atoms with Crippen molar-refractivity contribution in [2.45, 2.75) is 0 Å². The Kier molecular flexibility index (Phi) is 60.3. The molecule has 0 aromatic carbocycles. The average Bonchev–Trinajstić information content (AvgIpc) is 2.08. The first-order valence-corrected chi connectivity index (χ1v) is 4.39. The average molecular weight is 245 g/mol. The van der Waals surface area contributed by atoms with Crippen molar-refractivity contribution in [3.8, 4) is 0 Å². The third-order valence-electron chi connectivity index (χ3n) is 0.272. The van der Waals surface area contributed by atoms with Crippen molar-refractivity contribution in [1.29, 1.82) is 0 Å². The van der Waals surface area contributed by atoms with Crippen LogP contribution in [0.3, 0.4) is 0 Å². The van der Waals surface area contributed by atoms with Gasteiger partial charge in [-0.3, -0.25) is 13.2 Å². The second-order valence-corrected chi connectivity index (χ2v) is 0.856. The third kappa shape index (κ3) is 106. The minimum atomic E-state index is 1.39. The SMILES string of the molecule is [CH-]=CC=C.[CH-]=CC=C.[Cl][Rh+2]. The summed E-state index contributed by atoms with van der Waals surface area (Å²) < 4.78 is 0. The Balaban J connectivity index is -0.0000000787. The first kappa shape index (κ1) is 16.5. The summed E-state index contributed by atoms with van der Waals surface area (Å²) in [6.07, 6.45) is 5.83. The van der Waals surface area contributed by atoms with Gasteiger partial charge in [0.15, 0.2) is 0 Å². The summed E-state index contributed by atoms with van der Waals surface area (Å²) in [5.41, 5.74) is 0. The zero-order valence-electron chi connectivity index (χ0n) is 5.59. The van der Waals surface area contributed by atoms with Gasteiger partial charge in [0.25, 0.3) is 0 Å². The fraction of sp³-hybridized carbons (Fsp3) is 0. The molecule has 0 bridgehead atoms. The van der Waals surface area contributed by atoms with Crippen LogP contribution >= 0.6 is 9.69 Å². The topological polar surface area (TPSA) is 0 Å². The quantitative estimate of drug-likeness (QED) is 0.398. The van der Waals surface area contributed by atoms with Crippen LogP contribution < -0.4 is 0 Å². The van der Waals surface area contributed by atoms with Crippen molar-refractivity contribution in [2.75, 3.05) is 0 Å². The monoisotopic (exact) mass is 244 g/mol. The molecule has 0 nitrogen and oxygen atoms in total. The van der Waals surface area contributed by atoms with Crippen LogP contribution in [0.5, 0.6) is 0 Å². The molecule has 10 heavy (non-hydrogen) atoms. The van der Waals surface area contributed by atoms with Crippen molar-refractivity contribution in [3.63, 3.8) is 0 Å². The molecule has 0 N–H and O–H groups in total. The van der Waals surface area contributed by atoms with Crippen molar-refractivity contribution >= 4 is 9.69 Å². The van der Waals surface area contributed by atoms with E-state index >= 15 is 0 Å². The van der Waals surface area contributed by atoms with Gasteiger partial charge in [0, 0.05) is 0 Å². The van der Waals surface area contributed by atoms with Gasteiger partial charge in [0.1, 0.15) is 0 Å². The van der Waals surface area contributed by atoms with Gasteiger partial charge in [-0.2, -0.15) is 13.2 Å². The van der Waals surface area contributed by atoms with Crippen molar-refractivity contribution in [2.24, 2.45) is 0 Å². The molecule has 58 valence electrons. The van der Waals surface area contributed by atoms with Crippen molar-refractivity contribution in [3.05, 3.63) is 50.6 Å². The Morgan fingerprint density at radius 3 is 1.10 bits per heavy atom. The van der Waals surface area contributed by atoms with Gasteiger partial charge in [0.05, 0.1) is 0 Å². The van der Waals surface area contributed by atoms with E-state index in [9.17, 15) is 0 Å². The van der Waals surface area contributed by atoms with Crippen molar-refractivity contribution < 1.29 is 17.3 Å². The number of halogens is 1. The van der Waals surface area contributed by atoms with Gasteiger partial charge < -0.3 is 0 Å². The zero-order valence-corrected chi connectivity index (χ0v) is 7.98. The minimum absolute atomic E-state index is 1.39. The maximum absolute atomic E-state index is 4.78. The Labute approximate surface area is 77.7 Å². The summed E-state index contributed by atoms with van der Waals surface area (Å²) >= 11 is 2.02. The maximum atomic E-state index is 4.78. The predicted octanol–water partition coefficient (Wildman–Crippen LogP) is 3.01. The molecule has 0 radical (unpaired) electrons. The molecule has 0 aromatic rings. The molecular weight excluding hydrogens is 234 g/mol. The molecule has 2 heteroatoms. The van der Waals surface area contributed by atoms with Crippen LogP contribution in [-0.2, 0) is 17.3 Å².